The number of alkyl halides is 3. The Labute approximate surface area is 143 Å². The molecule has 0 aliphatic carbocycles. The van der Waals surface area contributed by atoms with Gasteiger partial charge in [0, 0.05) is 18.8 Å². The average Bonchev–Trinajstić information content (AvgIpc) is 3.00. The molecular weight excluding hydrogens is 337 g/mol. The summed E-state index contributed by atoms with van der Waals surface area (Å²) in [6.45, 7) is 2.68. The summed E-state index contributed by atoms with van der Waals surface area (Å²) in [5, 5.41) is 11.7. The Hall–Kier alpha value is -2.09. The first kappa shape index (κ1) is 19.2. The van der Waals surface area contributed by atoms with Gasteiger partial charge in [0.2, 0.25) is 5.91 Å². The Kier molecular flexibility index (Phi) is 5.72. The molecule has 0 saturated carbocycles. The predicted octanol–water partition coefficient (Wildman–Crippen LogP) is 2.77. The minimum atomic E-state index is -4.61. The highest BCUT2D eigenvalue weighted by Crippen LogP contribution is 2.38. The third-order valence-corrected chi connectivity index (χ3v) is 4.64. The van der Waals surface area contributed by atoms with E-state index in [1.165, 1.54) is 11.8 Å². The molecule has 138 valence electrons. The summed E-state index contributed by atoms with van der Waals surface area (Å²) in [5.41, 5.74) is 1.65. The van der Waals surface area contributed by atoms with Gasteiger partial charge in [-0.3, -0.25) is 14.5 Å². The number of nitrogens with one attached hydrogen (secondary N) is 1. The summed E-state index contributed by atoms with van der Waals surface area (Å²) in [6.07, 6.45) is -3.75. The lowest BCUT2D eigenvalue weighted by atomic mass is 9.96. The molecule has 1 heterocycles. The van der Waals surface area contributed by atoms with Crippen LogP contribution in [0.2, 0.25) is 0 Å². The van der Waals surface area contributed by atoms with Crippen LogP contribution < -0.4 is 5.32 Å². The number of hydrogen-bond donors (Lipinski definition) is 2. The zero-order chi connectivity index (χ0) is 18.8. The van der Waals surface area contributed by atoms with Crippen LogP contribution in [0.15, 0.2) is 24.3 Å². The van der Waals surface area contributed by atoms with Crippen LogP contribution in [0.25, 0.3) is 0 Å². The molecule has 1 aromatic carbocycles. The number of benzene rings is 1. The van der Waals surface area contributed by atoms with Crippen molar-refractivity contribution in [2.45, 2.75) is 32.5 Å². The Balaban J connectivity index is 2.04. The lowest BCUT2D eigenvalue weighted by Gasteiger charge is -2.23. The molecule has 1 aliphatic rings. The summed E-state index contributed by atoms with van der Waals surface area (Å²) in [4.78, 5) is 24.7. The monoisotopic (exact) mass is 358 g/mol. The van der Waals surface area contributed by atoms with E-state index in [0.717, 1.165) is 12.0 Å². The molecule has 1 fully saturated rings. The molecule has 1 unspecified atom stereocenters. The molecule has 2 rings (SSSR count). The van der Waals surface area contributed by atoms with Crippen molar-refractivity contribution in [2.24, 2.45) is 11.8 Å². The Bertz CT molecular complexity index is 631. The van der Waals surface area contributed by atoms with E-state index in [1.807, 2.05) is 19.1 Å². The molecule has 5 nitrogen and oxygen atoms in total. The van der Waals surface area contributed by atoms with Crippen molar-refractivity contribution in [3.63, 3.8) is 0 Å². The Morgan fingerprint density at radius 1 is 1.28 bits per heavy atom. The average molecular weight is 358 g/mol. The topological polar surface area (TPSA) is 69.6 Å². The van der Waals surface area contributed by atoms with Crippen LogP contribution in [-0.2, 0) is 16.0 Å². The fourth-order valence-corrected chi connectivity index (χ4v) is 2.97. The maximum absolute atomic E-state index is 13.0. The number of carboxylic acids is 1. The van der Waals surface area contributed by atoms with E-state index in [2.05, 4.69) is 5.32 Å². The second kappa shape index (κ2) is 7.43. The number of halogens is 3. The zero-order valence-corrected chi connectivity index (χ0v) is 14.0. The second-order valence-corrected chi connectivity index (χ2v) is 6.26. The fraction of sp³-hybridized carbons (Fsp3) is 0.529. The molecule has 2 N–H and O–H groups in total. The third kappa shape index (κ3) is 4.50. The highest BCUT2D eigenvalue weighted by Gasteiger charge is 2.53. The molecule has 1 aromatic rings. The number of carboxylic acid groups (broad SMARTS) is 1. The quantitative estimate of drug-likeness (QED) is 0.849. The van der Waals surface area contributed by atoms with Crippen LogP contribution >= 0.6 is 0 Å². The van der Waals surface area contributed by atoms with Gasteiger partial charge in [0.25, 0.3) is 0 Å². The van der Waals surface area contributed by atoms with Gasteiger partial charge >= 0.3 is 12.1 Å². The van der Waals surface area contributed by atoms with E-state index in [9.17, 15) is 22.8 Å². The number of nitrogens with zero attached hydrogens (tertiary/aromatic N) is 1. The molecule has 1 aliphatic heterocycles. The van der Waals surface area contributed by atoms with Crippen LogP contribution in [0.4, 0.5) is 18.9 Å². The van der Waals surface area contributed by atoms with Crippen molar-refractivity contribution in [2.75, 3.05) is 18.4 Å². The number of likely N-dealkylation sites (tertiary alicyclic amines) is 1. The normalized spacial score (nSPS) is 22.6. The van der Waals surface area contributed by atoms with Gasteiger partial charge in [-0.1, -0.05) is 19.1 Å². The van der Waals surface area contributed by atoms with E-state index < -0.39 is 42.5 Å². The van der Waals surface area contributed by atoms with Gasteiger partial charge < -0.3 is 10.4 Å². The standard InChI is InChI=1S/C17H21F3N2O3/c1-3-11-4-6-12(7-5-11)21-15(23)10(2)22-8-13(16(24)25)14(9-22)17(18,19)20/h4-7,10,13-14H,3,8-9H2,1-2H3,(H,21,23)(H,24,25)/t10?,13-,14-/m1/s1. The summed E-state index contributed by atoms with van der Waals surface area (Å²) in [7, 11) is 0. The van der Waals surface area contributed by atoms with Crippen molar-refractivity contribution in [3.8, 4) is 0 Å². The number of hydrogen-bond acceptors (Lipinski definition) is 3. The highest BCUT2D eigenvalue weighted by molar-refractivity contribution is 5.94. The highest BCUT2D eigenvalue weighted by atomic mass is 19.4. The molecule has 8 heteroatoms. The van der Waals surface area contributed by atoms with Gasteiger partial charge in [0.15, 0.2) is 0 Å². The SMILES string of the molecule is CCc1ccc(NC(=O)C(C)N2C[C@@H](C(F)(F)F)[C@H](C(=O)O)C2)cc1. The van der Waals surface area contributed by atoms with Gasteiger partial charge in [-0.25, -0.2) is 0 Å². The number of carbonyl (C=O) groups is 2. The second-order valence-electron chi connectivity index (χ2n) is 6.26. The molecule has 1 saturated heterocycles. The maximum atomic E-state index is 13.0. The third-order valence-electron chi connectivity index (χ3n) is 4.64. The molecule has 0 aromatic heterocycles. The van der Waals surface area contributed by atoms with Crippen LogP contribution in [0, 0.1) is 11.8 Å². The van der Waals surface area contributed by atoms with Crippen molar-refractivity contribution in [1.82, 2.24) is 4.90 Å². The first-order valence-electron chi connectivity index (χ1n) is 8.06. The number of amides is 1. The molecule has 25 heavy (non-hydrogen) atoms. The maximum Gasteiger partial charge on any atom is 0.393 e. The van der Waals surface area contributed by atoms with E-state index >= 15 is 0 Å². The Morgan fingerprint density at radius 2 is 1.88 bits per heavy atom. The van der Waals surface area contributed by atoms with Crippen molar-refractivity contribution in [3.05, 3.63) is 29.8 Å². The minimum absolute atomic E-state index is 0.303. The largest absolute Gasteiger partial charge is 0.481 e. The molecule has 0 spiro atoms. The molecule has 0 bridgehead atoms. The number of rotatable bonds is 5. The van der Waals surface area contributed by atoms with Crippen molar-refractivity contribution in [1.29, 1.82) is 0 Å². The molecule has 0 radical (unpaired) electrons. The first-order chi connectivity index (χ1) is 11.6. The zero-order valence-electron chi connectivity index (χ0n) is 14.0. The van der Waals surface area contributed by atoms with E-state index in [1.54, 1.807) is 12.1 Å². The number of carbonyl (C=O) groups excluding carboxylic acids is 1. The number of anilines is 1. The fourth-order valence-electron chi connectivity index (χ4n) is 2.97. The summed E-state index contributed by atoms with van der Waals surface area (Å²) < 4.78 is 39.1. The summed E-state index contributed by atoms with van der Waals surface area (Å²) >= 11 is 0. The van der Waals surface area contributed by atoms with Crippen molar-refractivity contribution < 1.29 is 27.9 Å². The number of aliphatic carboxylic acids is 1. The van der Waals surface area contributed by atoms with E-state index in [-0.39, 0.29) is 6.54 Å². The van der Waals surface area contributed by atoms with Crippen LogP contribution in [0.3, 0.4) is 0 Å². The van der Waals surface area contributed by atoms with Gasteiger partial charge in [-0.2, -0.15) is 13.2 Å². The number of aryl methyl sites for hydroxylation is 1. The summed E-state index contributed by atoms with van der Waals surface area (Å²) in [6, 6.07) is 6.31. The van der Waals surface area contributed by atoms with Gasteiger partial charge in [0.1, 0.15) is 0 Å². The lowest BCUT2D eigenvalue weighted by molar-refractivity contribution is -0.188. The Morgan fingerprint density at radius 3 is 2.32 bits per heavy atom. The molecule has 3 atom stereocenters. The van der Waals surface area contributed by atoms with E-state index in [4.69, 9.17) is 5.11 Å². The van der Waals surface area contributed by atoms with Gasteiger partial charge in [-0.05, 0) is 31.0 Å². The smallest absolute Gasteiger partial charge is 0.393 e. The first-order valence-corrected chi connectivity index (χ1v) is 8.06. The summed E-state index contributed by atoms with van der Waals surface area (Å²) in [5.74, 6) is -5.48. The molecule has 1 amide bonds. The molecular formula is C17H21F3N2O3. The van der Waals surface area contributed by atoms with Gasteiger partial charge in [0.05, 0.1) is 17.9 Å². The minimum Gasteiger partial charge on any atom is -0.481 e. The van der Waals surface area contributed by atoms with E-state index in [0.29, 0.717) is 5.69 Å². The lowest BCUT2D eigenvalue weighted by Crippen LogP contribution is -2.41. The van der Waals surface area contributed by atoms with Crippen LogP contribution in [0.5, 0.6) is 0 Å². The van der Waals surface area contributed by atoms with Gasteiger partial charge in [-0.15, -0.1) is 0 Å². The van der Waals surface area contributed by atoms with Crippen LogP contribution in [-0.4, -0.2) is 47.2 Å². The van der Waals surface area contributed by atoms with Crippen LogP contribution in [0.1, 0.15) is 19.4 Å². The van der Waals surface area contributed by atoms with Crippen molar-refractivity contribution >= 4 is 17.6 Å². The predicted molar refractivity (Wildman–Crippen MR) is 86.2 cm³/mol.